The van der Waals surface area contributed by atoms with Crippen LogP contribution in [0.5, 0.6) is 0 Å². The van der Waals surface area contributed by atoms with Gasteiger partial charge in [0.05, 0.1) is 21.7 Å². The third-order valence-corrected chi connectivity index (χ3v) is 5.86. The smallest absolute Gasteiger partial charge is 0.279 e. The summed E-state index contributed by atoms with van der Waals surface area (Å²) in [5, 5.41) is 11.1. The first kappa shape index (κ1) is 20.2. The fraction of sp³-hybridized carbons (Fsp3) is 0.263. The van der Waals surface area contributed by atoms with Crippen molar-refractivity contribution in [2.45, 2.75) is 18.4 Å². The molecule has 1 amide bonds. The fourth-order valence-electron chi connectivity index (χ4n) is 2.66. The van der Waals surface area contributed by atoms with Crippen LogP contribution in [0.1, 0.15) is 17.3 Å². The standard InChI is InChI=1S/C19H19N3O4S2/c1-3-26-11-10-21-16-9-6-14(22(24)25)12-17(16)28-19(21)20-18(23)13-4-7-15(27-2)8-5-13/h4-9,12H,3,10-11H2,1-2H3. The average Bonchev–Trinajstić information content (AvgIpc) is 3.04. The van der Waals surface area contributed by atoms with E-state index in [1.165, 1.54) is 23.5 Å². The first-order valence-corrected chi connectivity index (χ1v) is 10.7. The summed E-state index contributed by atoms with van der Waals surface area (Å²) in [6.07, 6.45) is 1.97. The van der Waals surface area contributed by atoms with Crippen molar-refractivity contribution in [3.63, 3.8) is 0 Å². The number of ether oxygens (including phenoxy) is 1. The molecule has 7 nitrogen and oxygen atoms in total. The van der Waals surface area contributed by atoms with Crippen LogP contribution >= 0.6 is 23.1 Å². The summed E-state index contributed by atoms with van der Waals surface area (Å²) in [7, 11) is 0. The topological polar surface area (TPSA) is 86.7 Å². The molecule has 0 bridgehead atoms. The van der Waals surface area contributed by atoms with E-state index >= 15 is 0 Å². The lowest BCUT2D eigenvalue weighted by molar-refractivity contribution is -0.384. The van der Waals surface area contributed by atoms with Crippen LogP contribution in [0.25, 0.3) is 10.2 Å². The Bertz CT molecular complexity index is 1070. The average molecular weight is 418 g/mol. The third kappa shape index (κ3) is 4.49. The van der Waals surface area contributed by atoms with Gasteiger partial charge >= 0.3 is 0 Å². The van der Waals surface area contributed by atoms with Gasteiger partial charge < -0.3 is 9.30 Å². The lowest BCUT2D eigenvalue weighted by Gasteiger charge is -2.05. The summed E-state index contributed by atoms with van der Waals surface area (Å²) in [6.45, 7) is 3.46. The lowest BCUT2D eigenvalue weighted by Crippen LogP contribution is -2.19. The minimum Gasteiger partial charge on any atom is -0.380 e. The maximum Gasteiger partial charge on any atom is 0.279 e. The molecule has 9 heteroatoms. The van der Waals surface area contributed by atoms with Gasteiger partial charge in [0, 0.05) is 35.7 Å². The van der Waals surface area contributed by atoms with Crippen molar-refractivity contribution in [2.24, 2.45) is 4.99 Å². The predicted molar refractivity (Wildman–Crippen MR) is 111 cm³/mol. The molecule has 2 aromatic carbocycles. The number of hydrogen-bond acceptors (Lipinski definition) is 6. The number of amides is 1. The van der Waals surface area contributed by atoms with E-state index in [1.54, 1.807) is 30.0 Å². The van der Waals surface area contributed by atoms with Crippen LogP contribution in [0.4, 0.5) is 5.69 Å². The number of aromatic nitrogens is 1. The molecule has 0 aliphatic carbocycles. The van der Waals surface area contributed by atoms with Gasteiger partial charge in [-0.2, -0.15) is 4.99 Å². The zero-order chi connectivity index (χ0) is 20.1. The molecule has 0 fully saturated rings. The number of carbonyl (C=O) groups excluding carboxylic acids is 1. The Kier molecular flexibility index (Phi) is 6.61. The van der Waals surface area contributed by atoms with E-state index in [-0.39, 0.29) is 11.6 Å². The zero-order valence-electron chi connectivity index (χ0n) is 15.5. The van der Waals surface area contributed by atoms with Crippen molar-refractivity contribution < 1.29 is 14.5 Å². The second-order valence-corrected chi connectivity index (χ2v) is 7.68. The molecule has 0 unspecified atom stereocenters. The summed E-state index contributed by atoms with van der Waals surface area (Å²) in [5.74, 6) is -0.348. The Morgan fingerprint density at radius 3 is 2.68 bits per heavy atom. The summed E-state index contributed by atoms with van der Waals surface area (Å²) < 4.78 is 8.01. The normalized spacial score (nSPS) is 11.9. The third-order valence-electron chi connectivity index (χ3n) is 4.07. The second-order valence-electron chi connectivity index (χ2n) is 5.79. The van der Waals surface area contributed by atoms with Crippen molar-refractivity contribution in [3.05, 3.63) is 62.9 Å². The molecule has 28 heavy (non-hydrogen) atoms. The molecule has 0 aliphatic heterocycles. The van der Waals surface area contributed by atoms with E-state index < -0.39 is 4.92 Å². The zero-order valence-corrected chi connectivity index (χ0v) is 17.1. The van der Waals surface area contributed by atoms with Crippen molar-refractivity contribution >= 4 is 44.9 Å². The van der Waals surface area contributed by atoms with E-state index in [9.17, 15) is 14.9 Å². The van der Waals surface area contributed by atoms with Crippen LogP contribution in [0.2, 0.25) is 0 Å². The second kappa shape index (κ2) is 9.13. The number of nitro groups is 1. The molecule has 0 saturated carbocycles. The van der Waals surface area contributed by atoms with Crippen LogP contribution < -0.4 is 4.80 Å². The Balaban J connectivity index is 2.05. The van der Waals surface area contributed by atoms with E-state index in [2.05, 4.69) is 4.99 Å². The van der Waals surface area contributed by atoms with Gasteiger partial charge in [-0.3, -0.25) is 14.9 Å². The monoisotopic (exact) mass is 417 g/mol. The number of nitro benzene ring substituents is 1. The number of benzene rings is 2. The lowest BCUT2D eigenvalue weighted by atomic mass is 10.2. The number of fused-ring (bicyclic) bond motifs is 1. The first-order valence-electron chi connectivity index (χ1n) is 8.62. The summed E-state index contributed by atoms with van der Waals surface area (Å²) in [6, 6.07) is 11.9. The van der Waals surface area contributed by atoms with E-state index in [4.69, 9.17) is 4.74 Å². The summed E-state index contributed by atoms with van der Waals surface area (Å²) in [4.78, 5) is 29.1. The molecule has 0 saturated heterocycles. The number of hydrogen-bond donors (Lipinski definition) is 0. The summed E-state index contributed by atoms with van der Waals surface area (Å²) in [5.41, 5.74) is 1.30. The molecular formula is C19H19N3O4S2. The highest BCUT2D eigenvalue weighted by Gasteiger charge is 2.13. The van der Waals surface area contributed by atoms with Gasteiger partial charge in [0.25, 0.3) is 11.6 Å². The first-order chi connectivity index (χ1) is 13.5. The molecule has 0 N–H and O–H groups in total. The Hall–Kier alpha value is -2.49. The van der Waals surface area contributed by atoms with Crippen LogP contribution in [-0.4, -0.2) is 34.9 Å². The van der Waals surface area contributed by atoms with Gasteiger partial charge in [-0.05, 0) is 43.5 Å². The van der Waals surface area contributed by atoms with Gasteiger partial charge in [0.2, 0.25) is 0 Å². The van der Waals surface area contributed by atoms with Gasteiger partial charge in [-0.25, -0.2) is 0 Å². The van der Waals surface area contributed by atoms with Gasteiger partial charge in [0.15, 0.2) is 4.80 Å². The van der Waals surface area contributed by atoms with Crippen molar-refractivity contribution in [2.75, 3.05) is 19.5 Å². The molecule has 0 aliphatic rings. The van der Waals surface area contributed by atoms with Gasteiger partial charge in [-0.15, -0.1) is 11.8 Å². The number of rotatable bonds is 7. The van der Waals surface area contributed by atoms with E-state index in [0.717, 1.165) is 10.4 Å². The SMILES string of the molecule is CCOCCn1c(=NC(=O)c2ccc(SC)cc2)sc2cc([N+](=O)[O-])ccc21. The number of carbonyl (C=O) groups is 1. The molecule has 0 atom stereocenters. The van der Waals surface area contributed by atoms with Gasteiger partial charge in [-0.1, -0.05) is 11.3 Å². The maximum absolute atomic E-state index is 12.6. The highest BCUT2D eigenvalue weighted by atomic mass is 32.2. The molecule has 0 spiro atoms. The van der Waals surface area contributed by atoms with E-state index in [0.29, 0.717) is 34.8 Å². The van der Waals surface area contributed by atoms with Crippen molar-refractivity contribution in [1.29, 1.82) is 0 Å². The molecule has 0 radical (unpaired) electrons. The number of thioether (sulfide) groups is 1. The number of non-ortho nitro benzene ring substituents is 1. The highest BCUT2D eigenvalue weighted by Crippen LogP contribution is 2.23. The molecular weight excluding hydrogens is 398 g/mol. The van der Waals surface area contributed by atoms with Crippen LogP contribution in [0.3, 0.4) is 0 Å². The summed E-state index contributed by atoms with van der Waals surface area (Å²) >= 11 is 2.86. The quantitative estimate of drug-likeness (QED) is 0.250. The molecule has 3 aromatic rings. The molecule has 1 heterocycles. The Labute approximate surface area is 169 Å². The Morgan fingerprint density at radius 2 is 2.04 bits per heavy atom. The minimum atomic E-state index is -0.432. The van der Waals surface area contributed by atoms with Crippen molar-refractivity contribution in [3.8, 4) is 0 Å². The van der Waals surface area contributed by atoms with Crippen LogP contribution in [0, 0.1) is 10.1 Å². The maximum atomic E-state index is 12.6. The predicted octanol–water partition coefficient (Wildman–Crippen LogP) is 4.11. The largest absolute Gasteiger partial charge is 0.380 e. The van der Waals surface area contributed by atoms with E-state index in [1.807, 2.05) is 29.9 Å². The van der Waals surface area contributed by atoms with Crippen LogP contribution in [0.15, 0.2) is 52.4 Å². The van der Waals surface area contributed by atoms with Crippen molar-refractivity contribution in [1.82, 2.24) is 4.57 Å². The minimum absolute atomic E-state index is 0.0104. The fourth-order valence-corrected chi connectivity index (χ4v) is 4.16. The number of thiazole rings is 1. The van der Waals surface area contributed by atoms with Crippen LogP contribution in [-0.2, 0) is 11.3 Å². The molecule has 1 aromatic heterocycles. The highest BCUT2D eigenvalue weighted by molar-refractivity contribution is 7.98. The van der Waals surface area contributed by atoms with Gasteiger partial charge in [0.1, 0.15) is 0 Å². The molecule has 3 rings (SSSR count). The molecule has 146 valence electrons. The number of nitrogens with zero attached hydrogens (tertiary/aromatic N) is 3. The Morgan fingerprint density at radius 1 is 1.29 bits per heavy atom.